The molecule has 0 amide bonds. The van der Waals surface area contributed by atoms with Gasteiger partial charge in [-0.1, -0.05) is 30.7 Å². The molecular weight excluding hydrogens is 360 g/mol. The van der Waals surface area contributed by atoms with Gasteiger partial charge in [-0.3, -0.25) is 4.40 Å². The first-order valence-electron chi connectivity index (χ1n) is 8.94. The third-order valence-electron chi connectivity index (χ3n) is 4.61. The van der Waals surface area contributed by atoms with Crippen LogP contribution in [0.2, 0.25) is 5.02 Å². The van der Waals surface area contributed by atoms with E-state index >= 15 is 0 Å². The second-order valence-corrected chi connectivity index (χ2v) is 6.91. The maximum absolute atomic E-state index is 6.35. The second kappa shape index (κ2) is 7.04. The van der Waals surface area contributed by atoms with E-state index in [9.17, 15) is 0 Å². The lowest BCUT2D eigenvalue weighted by molar-refractivity contribution is 0.814. The molecule has 0 saturated heterocycles. The van der Waals surface area contributed by atoms with Crippen LogP contribution in [0.4, 0.5) is 5.69 Å². The Morgan fingerprint density at radius 3 is 2.74 bits per heavy atom. The Morgan fingerprint density at radius 2 is 1.96 bits per heavy atom. The summed E-state index contributed by atoms with van der Waals surface area (Å²) in [6, 6.07) is 9.79. The fourth-order valence-corrected chi connectivity index (χ4v) is 3.62. The minimum Gasteiger partial charge on any atom is -0.377 e. The molecule has 7 heteroatoms. The quantitative estimate of drug-likeness (QED) is 0.558. The number of benzene rings is 1. The summed E-state index contributed by atoms with van der Waals surface area (Å²) < 4.78 is 3.97. The number of aryl methyl sites for hydroxylation is 2. The van der Waals surface area contributed by atoms with Crippen LogP contribution in [0.3, 0.4) is 0 Å². The third-order valence-corrected chi connectivity index (χ3v) is 4.93. The van der Waals surface area contributed by atoms with E-state index in [1.54, 1.807) is 0 Å². The number of aromatic nitrogens is 5. The molecule has 3 aromatic heterocycles. The summed E-state index contributed by atoms with van der Waals surface area (Å²) in [5.74, 6) is 0.728. The van der Waals surface area contributed by atoms with Crippen LogP contribution in [0.15, 0.2) is 42.7 Å². The zero-order valence-electron chi connectivity index (χ0n) is 15.6. The molecule has 1 aromatic carbocycles. The van der Waals surface area contributed by atoms with Crippen molar-refractivity contribution >= 4 is 23.1 Å². The number of hydrogen-bond donors (Lipinski definition) is 1. The van der Waals surface area contributed by atoms with Crippen molar-refractivity contribution in [2.24, 2.45) is 0 Å². The zero-order chi connectivity index (χ0) is 19.0. The molecule has 0 radical (unpaired) electrons. The summed E-state index contributed by atoms with van der Waals surface area (Å²) >= 11 is 6.35. The summed E-state index contributed by atoms with van der Waals surface area (Å²) in [7, 11) is 0. The number of nitrogens with zero attached hydrogens (tertiary/aromatic N) is 5. The van der Waals surface area contributed by atoms with Gasteiger partial charge in [0.05, 0.1) is 46.7 Å². The van der Waals surface area contributed by atoms with E-state index in [0.717, 1.165) is 46.3 Å². The maximum atomic E-state index is 6.35. The van der Waals surface area contributed by atoms with Gasteiger partial charge in [-0.25, -0.2) is 14.6 Å². The van der Waals surface area contributed by atoms with Crippen LogP contribution >= 0.6 is 11.6 Å². The van der Waals surface area contributed by atoms with Crippen LogP contribution in [0.25, 0.3) is 11.5 Å². The fourth-order valence-electron chi connectivity index (χ4n) is 3.40. The molecular formula is C20H21ClN6. The molecule has 4 aromatic rings. The van der Waals surface area contributed by atoms with Crippen LogP contribution in [0, 0.1) is 13.8 Å². The topological polar surface area (TPSA) is 60.0 Å². The molecule has 0 fully saturated rings. The predicted molar refractivity (Wildman–Crippen MR) is 108 cm³/mol. The van der Waals surface area contributed by atoms with Crippen molar-refractivity contribution in [1.29, 1.82) is 0 Å². The highest BCUT2D eigenvalue weighted by Crippen LogP contribution is 2.25. The monoisotopic (exact) mass is 380 g/mol. The molecule has 0 spiro atoms. The predicted octanol–water partition coefficient (Wildman–Crippen LogP) is 4.36. The van der Waals surface area contributed by atoms with Gasteiger partial charge in [-0.15, -0.1) is 0 Å². The molecule has 0 bridgehead atoms. The number of rotatable bonds is 5. The van der Waals surface area contributed by atoms with Crippen molar-refractivity contribution in [3.8, 4) is 5.69 Å². The van der Waals surface area contributed by atoms with Gasteiger partial charge in [0.25, 0.3) is 0 Å². The molecule has 0 aliphatic rings. The molecule has 0 saturated carbocycles. The number of imidazole rings is 1. The molecule has 4 rings (SSSR count). The van der Waals surface area contributed by atoms with Gasteiger partial charge in [0.1, 0.15) is 0 Å². The Kier molecular flexibility index (Phi) is 4.58. The molecule has 0 unspecified atom stereocenters. The number of fused-ring (bicyclic) bond motifs is 1. The molecule has 1 N–H and O–H groups in total. The van der Waals surface area contributed by atoms with E-state index < -0.39 is 0 Å². The van der Waals surface area contributed by atoms with E-state index in [2.05, 4.69) is 44.7 Å². The first kappa shape index (κ1) is 17.5. The van der Waals surface area contributed by atoms with Gasteiger partial charge in [-0.05, 0) is 38.5 Å². The van der Waals surface area contributed by atoms with Gasteiger partial charge in [0, 0.05) is 11.4 Å². The van der Waals surface area contributed by atoms with Crippen molar-refractivity contribution in [1.82, 2.24) is 24.1 Å². The summed E-state index contributed by atoms with van der Waals surface area (Å²) in [6.45, 7) is 6.80. The van der Waals surface area contributed by atoms with E-state index in [-0.39, 0.29) is 0 Å². The lowest BCUT2D eigenvalue weighted by atomic mass is 10.2. The zero-order valence-corrected chi connectivity index (χ0v) is 16.3. The normalized spacial score (nSPS) is 11.3. The molecule has 0 aliphatic carbocycles. The number of nitrogens with one attached hydrogen (secondary N) is 1. The Hall–Kier alpha value is -2.86. The lowest BCUT2D eigenvalue weighted by Crippen LogP contribution is -2.08. The average Bonchev–Trinajstić information content (AvgIpc) is 3.23. The van der Waals surface area contributed by atoms with Crippen molar-refractivity contribution in [3.63, 3.8) is 0 Å². The van der Waals surface area contributed by atoms with Gasteiger partial charge in [-0.2, -0.15) is 5.10 Å². The van der Waals surface area contributed by atoms with Gasteiger partial charge < -0.3 is 5.32 Å². The molecule has 0 aliphatic heterocycles. The fraction of sp³-hybridized carbons (Fsp3) is 0.250. The van der Waals surface area contributed by atoms with Crippen molar-refractivity contribution in [2.45, 2.75) is 33.7 Å². The smallest absolute Gasteiger partial charge is 0.234 e. The molecule has 27 heavy (non-hydrogen) atoms. The lowest BCUT2D eigenvalue weighted by Gasteiger charge is -2.11. The summed E-state index contributed by atoms with van der Waals surface area (Å²) in [4.78, 5) is 8.93. The summed E-state index contributed by atoms with van der Waals surface area (Å²) in [5, 5.41) is 8.72. The summed E-state index contributed by atoms with van der Waals surface area (Å²) in [6.07, 6.45) is 4.55. The average molecular weight is 381 g/mol. The second-order valence-electron chi connectivity index (χ2n) is 6.50. The third kappa shape index (κ3) is 3.17. The highest BCUT2D eigenvalue weighted by Gasteiger charge is 2.14. The van der Waals surface area contributed by atoms with Crippen molar-refractivity contribution < 1.29 is 0 Å². The Labute approximate surface area is 162 Å². The van der Waals surface area contributed by atoms with Crippen LogP contribution in [-0.2, 0) is 13.0 Å². The van der Waals surface area contributed by atoms with E-state index in [1.807, 2.05) is 48.3 Å². The largest absolute Gasteiger partial charge is 0.377 e. The highest BCUT2D eigenvalue weighted by molar-refractivity contribution is 6.32. The Bertz CT molecular complexity index is 1110. The van der Waals surface area contributed by atoms with E-state index in [0.29, 0.717) is 11.6 Å². The van der Waals surface area contributed by atoms with E-state index in [4.69, 9.17) is 11.6 Å². The van der Waals surface area contributed by atoms with Crippen LogP contribution in [0.5, 0.6) is 0 Å². The standard InChI is InChI=1S/C20H21ClN6/c1-4-18-17(12-24-27(18)19-8-6-5-7-16(19)21)22-10-15-11-23-20-25-13(2)9-14(3)26(15)20/h5-9,11-12,22H,4,10H2,1-3H3. The van der Waals surface area contributed by atoms with Crippen molar-refractivity contribution in [3.05, 3.63) is 70.5 Å². The molecule has 6 nitrogen and oxygen atoms in total. The first-order valence-corrected chi connectivity index (χ1v) is 9.32. The van der Waals surface area contributed by atoms with Gasteiger partial charge >= 0.3 is 0 Å². The molecule has 3 heterocycles. The number of halogens is 1. The Balaban J connectivity index is 1.64. The first-order chi connectivity index (χ1) is 13.1. The maximum Gasteiger partial charge on any atom is 0.234 e. The summed E-state index contributed by atoms with van der Waals surface area (Å²) in [5.41, 5.74) is 6.11. The molecule has 138 valence electrons. The van der Waals surface area contributed by atoms with Crippen LogP contribution in [-0.4, -0.2) is 24.1 Å². The van der Waals surface area contributed by atoms with Gasteiger partial charge in [0.15, 0.2) is 0 Å². The van der Waals surface area contributed by atoms with Crippen LogP contribution in [0.1, 0.15) is 29.7 Å². The van der Waals surface area contributed by atoms with E-state index in [1.165, 1.54) is 0 Å². The minimum absolute atomic E-state index is 0.633. The van der Waals surface area contributed by atoms with Gasteiger partial charge in [0.2, 0.25) is 5.78 Å². The number of para-hydroxylation sites is 1. The number of anilines is 1. The SMILES string of the molecule is CCc1c(NCc2cnc3nc(C)cc(C)n23)cnn1-c1ccccc1Cl. The minimum atomic E-state index is 0.633. The Morgan fingerprint density at radius 1 is 1.15 bits per heavy atom. The van der Waals surface area contributed by atoms with Crippen LogP contribution < -0.4 is 5.32 Å². The molecule has 0 atom stereocenters. The number of hydrogen-bond acceptors (Lipinski definition) is 4. The van der Waals surface area contributed by atoms with Crippen molar-refractivity contribution in [2.75, 3.05) is 5.32 Å². The highest BCUT2D eigenvalue weighted by atomic mass is 35.5.